The van der Waals surface area contributed by atoms with Crippen LogP contribution in [0.15, 0.2) is 41.5 Å². The molecule has 1 aromatic heterocycles. The number of nitrogens with zero attached hydrogens (tertiary/aromatic N) is 3. The van der Waals surface area contributed by atoms with Gasteiger partial charge in [0.2, 0.25) is 5.91 Å². The Bertz CT molecular complexity index is 753. The normalized spacial score (nSPS) is 15.2. The van der Waals surface area contributed by atoms with Crippen LogP contribution in [0.2, 0.25) is 0 Å². The van der Waals surface area contributed by atoms with Crippen LogP contribution >= 0.6 is 24.0 Å². The number of nitrogens with one attached hydrogen (secondary N) is 3. The van der Waals surface area contributed by atoms with Crippen LogP contribution in [-0.4, -0.2) is 52.9 Å². The van der Waals surface area contributed by atoms with Gasteiger partial charge in [-0.25, -0.2) is 4.98 Å². The van der Waals surface area contributed by atoms with E-state index >= 15 is 0 Å². The zero-order valence-corrected chi connectivity index (χ0v) is 18.1. The van der Waals surface area contributed by atoms with Crippen molar-refractivity contribution in [2.75, 3.05) is 20.1 Å². The first-order valence-electron chi connectivity index (χ1n) is 8.97. The van der Waals surface area contributed by atoms with Gasteiger partial charge in [-0.1, -0.05) is 30.3 Å². The third-order valence-corrected chi connectivity index (χ3v) is 4.64. The predicted octanol–water partition coefficient (Wildman–Crippen LogP) is 2.37. The van der Waals surface area contributed by atoms with Gasteiger partial charge in [0.1, 0.15) is 5.82 Å². The van der Waals surface area contributed by atoms with Crippen LogP contribution in [-0.2, 0) is 11.3 Å². The van der Waals surface area contributed by atoms with Crippen molar-refractivity contribution < 1.29 is 4.79 Å². The highest BCUT2D eigenvalue weighted by Crippen LogP contribution is 2.16. The van der Waals surface area contributed by atoms with Gasteiger partial charge in [-0.15, -0.1) is 24.0 Å². The number of carbonyl (C=O) groups is 1. The number of benzene rings is 1. The number of imidazole rings is 1. The smallest absolute Gasteiger partial charge is 0.219 e. The number of halogens is 1. The van der Waals surface area contributed by atoms with Crippen molar-refractivity contribution in [3.63, 3.8) is 0 Å². The second-order valence-corrected chi connectivity index (χ2v) is 6.46. The van der Waals surface area contributed by atoms with E-state index in [4.69, 9.17) is 0 Å². The average Bonchev–Trinajstić information content (AvgIpc) is 3.15. The first-order chi connectivity index (χ1) is 12.7. The van der Waals surface area contributed by atoms with Crippen LogP contribution in [0.1, 0.15) is 25.6 Å². The number of hydrogen-bond acceptors (Lipinski definition) is 3. The van der Waals surface area contributed by atoms with Gasteiger partial charge in [0.15, 0.2) is 5.96 Å². The third kappa shape index (κ3) is 5.95. The fraction of sp³-hybridized carbons (Fsp3) is 0.421. The lowest BCUT2D eigenvalue weighted by atomic mass is 10.1. The van der Waals surface area contributed by atoms with Gasteiger partial charge in [0.25, 0.3) is 0 Å². The Kier molecular flexibility index (Phi) is 8.08. The minimum absolute atomic E-state index is 0. The summed E-state index contributed by atoms with van der Waals surface area (Å²) in [6, 6.07) is 10.5. The molecule has 0 aliphatic carbocycles. The number of aromatic amines is 1. The number of rotatable bonds is 4. The number of H-pyrrole nitrogens is 1. The average molecular weight is 482 g/mol. The molecule has 1 aliphatic heterocycles. The lowest BCUT2D eigenvalue weighted by Gasteiger charge is -2.32. The number of hydrogen-bond donors (Lipinski definition) is 3. The summed E-state index contributed by atoms with van der Waals surface area (Å²) in [6.45, 7) is 3.78. The van der Waals surface area contributed by atoms with Crippen molar-refractivity contribution in [1.29, 1.82) is 0 Å². The lowest BCUT2D eigenvalue weighted by molar-refractivity contribution is -0.129. The molecule has 0 saturated carbocycles. The monoisotopic (exact) mass is 482 g/mol. The predicted molar refractivity (Wildman–Crippen MR) is 118 cm³/mol. The molecule has 146 valence electrons. The maximum Gasteiger partial charge on any atom is 0.219 e. The summed E-state index contributed by atoms with van der Waals surface area (Å²) >= 11 is 0. The Morgan fingerprint density at radius 2 is 2.00 bits per heavy atom. The highest BCUT2D eigenvalue weighted by Gasteiger charge is 2.21. The van der Waals surface area contributed by atoms with E-state index in [9.17, 15) is 4.79 Å². The molecule has 3 N–H and O–H groups in total. The largest absolute Gasteiger partial charge is 0.354 e. The quantitative estimate of drug-likeness (QED) is 0.355. The minimum atomic E-state index is 0. The highest BCUT2D eigenvalue weighted by atomic mass is 127. The van der Waals surface area contributed by atoms with Crippen LogP contribution in [0.5, 0.6) is 0 Å². The molecule has 1 aliphatic rings. The van der Waals surface area contributed by atoms with Gasteiger partial charge < -0.3 is 20.5 Å². The number of amides is 1. The molecule has 1 saturated heterocycles. The molecule has 27 heavy (non-hydrogen) atoms. The van der Waals surface area contributed by atoms with E-state index < -0.39 is 0 Å². The van der Waals surface area contributed by atoms with Crippen LogP contribution in [0.3, 0.4) is 0 Å². The lowest BCUT2D eigenvalue weighted by Crippen LogP contribution is -2.49. The molecule has 0 radical (unpaired) electrons. The SMILES string of the molecule is CN=C(NCc1ncc(-c2ccccc2)[nH]1)NC1CCN(C(C)=O)CC1.I. The van der Waals surface area contributed by atoms with Crippen LogP contribution in [0.4, 0.5) is 0 Å². The number of carbonyl (C=O) groups excluding carboxylic acids is 1. The Morgan fingerprint density at radius 3 is 2.63 bits per heavy atom. The molecule has 0 unspecified atom stereocenters. The van der Waals surface area contributed by atoms with E-state index in [1.807, 2.05) is 29.3 Å². The first-order valence-corrected chi connectivity index (χ1v) is 8.97. The van der Waals surface area contributed by atoms with E-state index in [1.54, 1.807) is 14.0 Å². The van der Waals surface area contributed by atoms with Crippen molar-refractivity contribution in [2.24, 2.45) is 4.99 Å². The van der Waals surface area contributed by atoms with E-state index in [2.05, 4.69) is 37.7 Å². The first kappa shape index (κ1) is 21.2. The van der Waals surface area contributed by atoms with Gasteiger partial charge in [-0.3, -0.25) is 9.79 Å². The molecule has 0 atom stereocenters. The number of likely N-dealkylation sites (tertiary alicyclic amines) is 1. The fourth-order valence-electron chi connectivity index (χ4n) is 3.11. The number of piperidine rings is 1. The van der Waals surface area contributed by atoms with Crippen LogP contribution in [0.25, 0.3) is 11.3 Å². The molecule has 2 heterocycles. The van der Waals surface area contributed by atoms with Gasteiger partial charge in [0.05, 0.1) is 18.4 Å². The Hall–Kier alpha value is -2.10. The van der Waals surface area contributed by atoms with Gasteiger partial charge in [-0.05, 0) is 18.4 Å². The summed E-state index contributed by atoms with van der Waals surface area (Å²) in [4.78, 5) is 25.3. The summed E-state index contributed by atoms with van der Waals surface area (Å²) in [7, 11) is 1.76. The fourth-order valence-corrected chi connectivity index (χ4v) is 3.11. The zero-order valence-electron chi connectivity index (χ0n) is 15.7. The van der Waals surface area contributed by atoms with Crippen molar-refractivity contribution in [1.82, 2.24) is 25.5 Å². The molecule has 1 fully saturated rings. The molecular formula is C19H27IN6O. The summed E-state index contributed by atoms with van der Waals surface area (Å²) in [6.07, 6.45) is 3.71. The van der Waals surface area contributed by atoms with Crippen molar-refractivity contribution in [3.05, 3.63) is 42.4 Å². The Morgan fingerprint density at radius 1 is 1.30 bits per heavy atom. The number of aliphatic imine (C=N–C) groups is 1. The molecule has 3 rings (SSSR count). The Balaban J connectivity index is 0.00000261. The van der Waals surface area contributed by atoms with Crippen molar-refractivity contribution in [3.8, 4) is 11.3 Å². The van der Waals surface area contributed by atoms with Gasteiger partial charge in [-0.2, -0.15) is 0 Å². The van der Waals surface area contributed by atoms with E-state index in [1.165, 1.54) is 0 Å². The number of aromatic nitrogens is 2. The molecule has 0 bridgehead atoms. The second-order valence-electron chi connectivity index (χ2n) is 6.46. The van der Waals surface area contributed by atoms with E-state index in [0.29, 0.717) is 12.6 Å². The van der Waals surface area contributed by atoms with Gasteiger partial charge >= 0.3 is 0 Å². The zero-order chi connectivity index (χ0) is 18.4. The van der Waals surface area contributed by atoms with E-state index in [-0.39, 0.29) is 29.9 Å². The molecule has 0 spiro atoms. The van der Waals surface area contributed by atoms with Crippen LogP contribution < -0.4 is 10.6 Å². The van der Waals surface area contributed by atoms with Crippen molar-refractivity contribution in [2.45, 2.75) is 32.4 Å². The van der Waals surface area contributed by atoms with Crippen LogP contribution in [0, 0.1) is 0 Å². The Labute approximate surface area is 177 Å². The second kappa shape index (κ2) is 10.3. The standard InChI is InChI=1S/C19H26N6O.HI/c1-14(26)25-10-8-16(9-11-25)23-19(20-2)22-13-18-21-12-17(24-18)15-6-4-3-5-7-15;/h3-7,12,16H,8-11,13H2,1-2H3,(H,21,24)(H2,20,22,23);1H. The maximum absolute atomic E-state index is 11.4. The third-order valence-electron chi connectivity index (χ3n) is 4.64. The summed E-state index contributed by atoms with van der Waals surface area (Å²) in [5.74, 6) is 1.76. The molecule has 8 heteroatoms. The molecule has 1 amide bonds. The van der Waals surface area contributed by atoms with E-state index in [0.717, 1.165) is 49.0 Å². The number of guanidine groups is 1. The topological polar surface area (TPSA) is 85.4 Å². The summed E-state index contributed by atoms with van der Waals surface area (Å²) < 4.78 is 0. The summed E-state index contributed by atoms with van der Waals surface area (Å²) in [5, 5.41) is 6.73. The molecule has 7 nitrogen and oxygen atoms in total. The van der Waals surface area contributed by atoms with Crippen molar-refractivity contribution >= 4 is 35.8 Å². The van der Waals surface area contributed by atoms with Gasteiger partial charge in [0, 0.05) is 33.1 Å². The summed E-state index contributed by atoms with van der Waals surface area (Å²) in [5.41, 5.74) is 2.12. The highest BCUT2D eigenvalue weighted by molar-refractivity contribution is 14.0. The molecule has 1 aromatic carbocycles. The maximum atomic E-state index is 11.4. The minimum Gasteiger partial charge on any atom is -0.354 e. The molecular weight excluding hydrogens is 455 g/mol. The molecule has 2 aromatic rings.